The van der Waals surface area contributed by atoms with Crippen molar-refractivity contribution in [2.45, 2.75) is 11.2 Å². The van der Waals surface area contributed by atoms with Crippen molar-refractivity contribution in [3.63, 3.8) is 0 Å². The number of carbonyl (C=O) groups is 1. The SMILES string of the molecule is CNC(CSc1nc2ccccc2[nH]1)C(=O)OC. The van der Waals surface area contributed by atoms with Crippen molar-refractivity contribution in [1.82, 2.24) is 15.3 Å². The molecule has 18 heavy (non-hydrogen) atoms. The maximum absolute atomic E-state index is 11.4. The van der Waals surface area contributed by atoms with Gasteiger partial charge in [-0.3, -0.25) is 4.79 Å². The quantitative estimate of drug-likeness (QED) is 0.632. The Morgan fingerprint density at radius 1 is 1.56 bits per heavy atom. The standard InChI is InChI=1S/C12H15N3O2S/c1-13-10(11(16)17-2)7-18-12-14-8-5-3-4-6-9(8)15-12/h3-6,10,13H,7H2,1-2H3,(H,14,15). The Bertz CT molecular complexity index is 508. The van der Waals surface area contributed by atoms with E-state index < -0.39 is 0 Å². The number of ether oxygens (including phenoxy) is 1. The molecule has 5 nitrogen and oxygen atoms in total. The topological polar surface area (TPSA) is 67.0 Å². The van der Waals surface area contributed by atoms with Crippen LogP contribution in [0.25, 0.3) is 11.0 Å². The van der Waals surface area contributed by atoms with E-state index in [4.69, 9.17) is 4.74 Å². The van der Waals surface area contributed by atoms with Gasteiger partial charge in [0.1, 0.15) is 6.04 Å². The number of nitrogens with zero attached hydrogens (tertiary/aromatic N) is 1. The number of fused-ring (bicyclic) bond motifs is 1. The first kappa shape index (κ1) is 12.9. The summed E-state index contributed by atoms with van der Waals surface area (Å²) < 4.78 is 4.71. The minimum absolute atomic E-state index is 0.263. The van der Waals surface area contributed by atoms with Crippen LogP contribution >= 0.6 is 11.8 Å². The molecule has 0 spiro atoms. The number of H-pyrrole nitrogens is 1. The molecular weight excluding hydrogens is 250 g/mol. The minimum atomic E-state index is -0.326. The van der Waals surface area contributed by atoms with Gasteiger partial charge in [-0.25, -0.2) is 4.98 Å². The molecule has 0 saturated carbocycles. The number of hydrogen-bond acceptors (Lipinski definition) is 5. The number of aromatic nitrogens is 2. The zero-order valence-electron chi connectivity index (χ0n) is 10.3. The molecule has 2 rings (SSSR count). The molecule has 1 atom stereocenters. The van der Waals surface area contributed by atoms with Crippen LogP contribution in [0.15, 0.2) is 29.4 Å². The summed E-state index contributed by atoms with van der Waals surface area (Å²) in [5, 5.41) is 3.73. The Morgan fingerprint density at radius 3 is 3.00 bits per heavy atom. The normalized spacial score (nSPS) is 12.6. The van der Waals surface area contributed by atoms with Crippen LogP contribution in [0, 0.1) is 0 Å². The van der Waals surface area contributed by atoms with Gasteiger partial charge in [-0.05, 0) is 19.2 Å². The second kappa shape index (κ2) is 5.88. The van der Waals surface area contributed by atoms with Crippen molar-refractivity contribution in [2.75, 3.05) is 19.9 Å². The summed E-state index contributed by atoms with van der Waals surface area (Å²) in [6, 6.07) is 7.50. The fraction of sp³-hybridized carbons (Fsp3) is 0.333. The van der Waals surface area contributed by atoms with E-state index in [-0.39, 0.29) is 12.0 Å². The first-order valence-electron chi connectivity index (χ1n) is 5.57. The van der Waals surface area contributed by atoms with E-state index in [1.807, 2.05) is 24.3 Å². The molecule has 0 aliphatic heterocycles. The lowest BCUT2D eigenvalue weighted by Gasteiger charge is -2.11. The molecule has 0 aliphatic carbocycles. The molecule has 1 aromatic carbocycles. The van der Waals surface area contributed by atoms with Gasteiger partial charge < -0.3 is 15.0 Å². The van der Waals surface area contributed by atoms with E-state index >= 15 is 0 Å². The van der Waals surface area contributed by atoms with Crippen LogP contribution in [0.1, 0.15) is 0 Å². The van der Waals surface area contributed by atoms with Crippen molar-refractivity contribution < 1.29 is 9.53 Å². The van der Waals surface area contributed by atoms with Gasteiger partial charge in [0, 0.05) is 5.75 Å². The van der Waals surface area contributed by atoms with Crippen molar-refractivity contribution in [2.24, 2.45) is 0 Å². The van der Waals surface area contributed by atoms with Gasteiger partial charge in [-0.15, -0.1) is 0 Å². The number of rotatable bonds is 5. The van der Waals surface area contributed by atoms with Crippen molar-refractivity contribution >= 4 is 28.8 Å². The smallest absolute Gasteiger partial charge is 0.323 e. The van der Waals surface area contributed by atoms with E-state index in [1.165, 1.54) is 18.9 Å². The second-order valence-corrected chi connectivity index (χ2v) is 4.74. The molecule has 0 amide bonds. The van der Waals surface area contributed by atoms with Crippen molar-refractivity contribution in [1.29, 1.82) is 0 Å². The third-order valence-corrected chi connectivity index (χ3v) is 3.56. The zero-order chi connectivity index (χ0) is 13.0. The van der Waals surface area contributed by atoms with Crippen LogP contribution < -0.4 is 5.32 Å². The van der Waals surface area contributed by atoms with E-state index in [9.17, 15) is 4.79 Å². The van der Waals surface area contributed by atoms with Crippen LogP contribution in [-0.4, -0.2) is 41.9 Å². The van der Waals surface area contributed by atoms with E-state index in [0.717, 1.165) is 16.2 Å². The van der Waals surface area contributed by atoms with Crippen LogP contribution in [0.4, 0.5) is 0 Å². The number of para-hydroxylation sites is 2. The average Bonchev–Trinajstić information content (AvgIpc) is 2.81. The number of hydrogen-bond donors (Lipinski definition) is 2. The Morgan fingerprint density at radius 2 is 2.33 bits per heavy atom. The summed E-state index contributed by atoms with van der Waals surface area (Å²) in [4.78, 5) is 19.0. The third kappa shape index (κ3) is 2.83. The highest BCUT2D eigenvalue weighted by molar-refractivity contribution is 7.99. The highest BCUT2D eigenvalue weighted by Gasteiger charge is 2.17. The largest absolute Gasteiger partial charge is 0.468 e. The minimum Gasteiger partial charge on any atom is -0.468 e. The van der Waals surface area contributed by atoms with E-state index in [0.29, 0.717) is 5.75 Å². The lowest BCUT2D eigenvalue weighted by molar-refractivity contribution is -0.142. The first-order valence-corrected chi connectivity index (χ1v) is 6.56. The van der Waals surface area contributed by atoms with Gasteiger partial charge in [0.2, 0.25) is 0 Å². The summed E-state index contributed by atoms with van der Waals surface area (Å²) in [6.45, 7) is 0. The molecule has 1 unspecified atom stereocenters. The molecule has 2 aromatic rings. The Balaban J connectivity index is 2.03. The number of benzene rings is 1. The molecule has 6 heteroatoms. The molecular formula is C12H15N3O2S. The molecule has 1 heterocycles. The predicted molar refractivity (Wildman–Crippen MR) is 71.7 cm³/mol. The van der Waals surface area contributed by atoms with Crippen molar-refractivity contribution in [3.8, 4) is 0 Å². The Labute approximate surface area is 109 Å². The molecule has 2 N–H and O–H groups in total. The fourth-order valence-electron chi connectivity index (χ4n) is 1.57. The number of esters is 1. The Kier molecular flexibility index (Phi) is 4.22. The number of likely N-dealkylation sites (N-methyl/N-ethyl adjacent to an activating group) is 1. The summed E-state index contributed by atoms with van der Waals surface area (Å²) in [5.41, 5.74) is 1.93. The number of thioether (sulfide) groups is 1. The van der Waals surface area contributed by atoms with Crippen LogP contribution in [0.3, 0.4) is 0 Å². The fourth-order valence-corrected chi connectivity index (χ4v) is 2.54. The summed E-state index contributed by atoms with van der Waals surface area (Å²) >= 11 is 1.49. The first-order chi connectivity index (χ1) is 8.74. The molecule has 1 aromatic heterocycles. The lowest BCUT2D eigenvalue weighted by atomic mass is 10.3. The Hall–Kier alpha value is -1.53. The predicted octanol–water partition coefficient (Wildman–Crippen LogP) is 1.42. The van der Waals surface area contributed by atoms with Gasteiger partial charge in [-0.2, -0.15) is 0 Å². The summed E-state index contributed by atoms with van der Waals surface area (Å²) in [5.74, 6) is 0.310. The lowest BCUT2D eigenvalue weighted by Crippen LogP contribution is -2.37. The van der Waals surface area contributed by atoms with Crippen molar-refractivity contribution in [3.05, 3.63) is 24.3 Å². The summed E-state index contributed by atoms with van der Waals surface area (Å²) in [7, 11) is 3.12. The molecule has 0 bridgehead atoms. The number of imidazole rings is 1. The molecule has 0 radical (unpaired) electrons. The number of carbonyl (C=O) groups excluding carboxylic acids is 1. The van der Waals surface area contributed by atoms with Gasteiger partial charge in [0.15, 0.2) is 5.16 Å². The van der Waals surface area contributed by atoms with E-state index in [2.05, 4.69) is 15.3 Å². The highest BCUT2D eigenvalue weighted by atomic mass is 32.2. The summed E-state index contributed by atoms with van der Waals surface area (Å²) in [6.07, 6.45) is 0. The maximum Gasteiger partial charge on any atom is 0.323 e. The number of methoxy groups -OCH3 is 1. The molecule has 0 fully saturated rings. The molecule has 96 valence electrons. The number of aromatic amines is 1. The molecule has 0 aliphatic rings. The highest BCUT2D eigenvalue weighted by Crippen LogP contribution is 2.19. The van der Waals surface area contributed by atoms with Crippen LogP contribution in [0.5, 0.6) is 0 Å². The average molecular weight is 265 g/mol. The van der Waals surface area contributed by atoms with Gasteiger partial charge >= 0.3 is 5.97 Å². The van der Waals surface area contributed by atoms with Gasteiger partial charge in [-0.1, -0.05) is 23.9 Å². The maximum atomic E-state index is 11.4. The zero-order valence-corrected chi connectivity index (χ0v) is 11.1. The monoisotopic (exact) mass is 265 g/mol. The van der Waals surface area contributed by atoms with E-state index in [1.54, 1.807) is 7.05 Å². The third-order valence-electron chi connectivity index (χ3n) is 2.59. The number of nitrogens with one attached hydrogen (secondary N) is 2. The second-order valence-electron chi connectivity index (χ2n) is 3.73. The van der Waals surface area contributed by atoms with Gasteiger partial charge in [0.25, 0.3) is 0 Å². The van der Waals surface area contributed by atoms with Crippen LogP contribution in [0.2, 0.25) is 0 Å². The van der Waals surface area contributed by atoms with Crippen LogP contribution in [-0.2, 0) is 9.53 Å². The van der Waals surface area contributed by atoms with Gasteiger partial charge in [0.05, 0.1) is 18.1 Å². The molecule has 0 saturated heterocycles.